The monoisotopic (exact) mass is 396 g/mol. The average molecular weight is 396 g/mol. The first-order valence-corrected chi connectivity index (χ1v) is 9.70. The van der Waals surface area contributed by atoms with Gasteiger partial charge in [0.25, 0.3) is 5.91 Å². The number of amides is 1. The molecule has 0 unspecified atom stereocenters. The predicted octanol–water partition coefficient (Wildman–Crippen LogP) is 4.28. The van der Waals surface area contributed by atoms with Gasteiger partial charge in [0.1, 0.15) is 11.3 Å². The van der Waals surface area contributed by atoms with Crippen LogP contribution < -0.4 is 0 Å². The Morgan fingerprint density at radius 1 is 1.18 bits per heavy atom. The van der Waals surface area contributed by atoms with Crippen LogP contribution in [-0.4, -0.2) is 38.7 Å². The van der Waals surface area contributed by atoms with Gasteiger partial charge in [0.05, 0.1) is 10.6 Å². The lowest BCUT2D eigenvalue weighted by Crippen LogP contribution is -2.28. The zero-order valence-corrected chi connectivity index (χ0v) is 16.4. The summed E-state index contributed by atoms with van der Waals surface area (Å²) in [6, 6.07) is 12.1. The maximum atomic E-state index is 12.7. The van der Waals surface area contributed by atoms with Crippen LogP contribution in [0.15, 0.2) is 52.4 Å². The predicted molar refractivity (Wildman–Crippen MR) is 111 cm³/mol. The minimum absolute atomic E-state index is 0.128. The van der Waals surface area contributed by atoms with Crippen LogP contribution in [-0.2, 0) is 11.2 Å². The third kappa shape index (κ3) is 4.09. The average Bonchev–Trinajstić information content (AvgIpc) is 2.96. The Bertz CT molecular complexity index is 980. The van der Waals surface area contributed by atoms with Gasteiger partial charge in [-0.2, -0.15) is 0 Å². The number of benzene rings is 2. The van der Waals surface area contributed by atoms with Gasteiger partial charge < -0.3 is 10.2 Å². The smallest absolute Gasteiger partial charge is 0.339 e. The van der Waals surface area contributed by atoms with Crippen LogP contribution in [0.3, 0.4) is 0 Å². The number of hydrogen-bond donors (Lipinski definition) is 2. The summed E-state index contributed by atoms with van der Waals surface area (Å²) in [6.07, 6.45) is 2.79. The molecule has 28 heavy (non-hydrogen) atoms. The number of aryl methyl sites for hydroxylation is 1. The SMILES string of the molecule is CCc1ccc(/C=C2\SC(=Nc3ccc(C(=O)O)c(O)c3)N(CC)C2=O)cc1. The molecule has 1 aliphatic rings. The number of rotatable bonds is 5. The zero-order chi connectivity index (χ0) is 20.3. The van der Waals surface area contributed by atoms with Crippen LogP contribution in [0.4, 0.5) is 5.69 Å². The molecular weight excluding hydrogens is 376 g/mol. The van der Waals surface area contributed by atoms with Gasteiger partial charge in [0.15, 0.2) is 5.17 Å². The number of carboxylic acids is 1. The van der Waals surface area contributed by atoms with E-state index in [0.717, 1.165) is 12.0 Å². The number of carboxylic acid groups (broad SMARTS) is 1. The molecule has 1 heterocycles. The number of amidine groups is 1. The number of hydrogen-bond acceptors (Lipinski definition) is 5. The lowest BCUT2D eigenvalue weighted by molar-refractivity contribution is -0.122. The first-order valence-electron chi connectivity index (χ1n) is 8.88. The third-order valence-corrected chi connectivity index (χ3v) is 5.33. The number of likely N-dealkylation sites (N-methyl/N-ethyl adjacent to an activating group) is 1. The zero-order valence-electron chi connectivity index (χ0n) is 15.5. The Balaban J connectivity index is 1.90. The topological polar surface area (TPSA) is 90.2 Å². The van der Waals surface area contributed by atoms with Gasteiger partial charge in [0.2, 0.25) is 0 Å². The summed E-state index contributed by atoms with van der Waals surface area (Å²) in [5.74, 6) is -1.70. The molecule has 0 aliphatic carbocycles. The lowest BCUT2D eigenvalue weighted by atomic mass is 10.1. The highest BCUT2D eigenvalue weighted by Crippen LogP contribution is 2.35. The molecule has 3 rings (SSSR count). The maximum Gasteiger partial charge on any atom is 0.339 e. The number of aliphatic imine (C=N–C) groups is 1. The Hall–Kier alpha value is -3.06. The van der Waals surface area contributed by atoms with Gasteiger partial charge >= 0.3 is 5.97 Å². The second kappa shape index (κ2) is 8.31. The molecule has 0 saturated carbocycles. The van der Waals surface area contributed by atoms with Crippen molar-refractivity contribution in [2.24, 2.45) is 4.99 Å². The largest absolute Gasteiger partial charge is 0.507 e. The highest BCUT2D eigenvalue weighted by atomic mass is 32.2. The molecule has 0 atom stereocenters. The van der Waals surface area contributed by atoms with E-state index in [1.807, 2.05) is 37.3 Å². The van der Waals surface area contributed by atoms with Crippen molar-refractivity contribution in [1.29, 1.82) is 0 Å². The highest BCUT2D eigenvalue weighted by molar-refractivity contribution is 8.18. The molecule has 2 aromatic carbocycles. The van der Waals surface area contributed by atoms with E-state index in [1.165, 1.54) is 35.5 Å². The Labute approximate surface area is 167 Å². The highest BCUT2D eigenvalue weighted by Gasteiger charge is 2.32. The standard InChI is InChI=1S/C21H20N2O4S/c1-3-13-5-7-14(8-6-13)11-18-19(25)23(4-2)21(28-18)22-15-9-10-16(20(26)27)17(24)12-15/h5-12,24H,3-4H2,1-2H3,(H,26,27)/b18-11-,22-21?. The molecule has 1 amide bonds. The number of thioether (sulfide) groups is 1. The van der Waals surface area contributed by atoms with E-state index in [-0.39, 0.29) is 17.2 Å². The summed E-state index contributed by atoms with van der Waals surface area (Å²) < 4.78 is 0. The molecule has 1 saturated heterocycles. The van der Waals surface area contributed by atoms with Crippen LogP contribution in [0.2, 0.25) is 0 Å². The van der Waals surface area contributed by atoms with Gasteiger partial charge in [-0.25, -0.2) is 9.79 Å². The van der Waals surface area contributed by atoms with E-state index in [1.54, 1.807) is 4.90 Å². The van der Waals surface area contributed by atoms with Crippen molar-refractivity contribution in [3.05, 3.63) is 64.1 Å². The molecule has 0 spiro atoms. The quantitative estimate of drug-likeness (QED) is 0.737. The molecule has 144 valence electrons. The van der Waals surface area contributed by atoms with Crippen molar-refractivity contribution in [1.82, 2.24) is 4.90 Å². The number of aromatic hydroxyl groups is 1. The van der Waals surface area contributed by atoms with Crippen LogP contribution in [0.5, 0.6) is 5.75 Å². The van der Waals surface area contributed by atoms with E-state index < -0.39 is 5.97 Å². The van der Waals surface area contributed by atoms with E-state index in [2.05, 4.69) is 11.9 Å². The summed E-state index contributed by atoms with van der Waals surface area (Å²) in [5.41, 5.74) is 2.36. The lowest BCUT2D eigenvalue weighted by Gasteiger charge is -2.12. The van der Waals surface area contributed by atoms with Gasteiger partial charge in [-0.05, 0) is 54.4 Å². The second-order valence-corrected chi connectivity index (χ2v) is 7.17. The van der Waals surface area contributed by atoms with Crippen LogP contribution in [0.25, 0.3) is 6.08 Å². The Morgan fingerprint density at radius 3 is 2.46 bits per heavy atom. The fourth-order valence-corrected chi connectivity index (χ4v) is 3.81. The molecular formula is C21H20N2O4S. The van der Waals surface area contributed by atoms with Crippen molar-refractivity contribution in [2.45, 2.75) is 20.3 Å². The van der Waals surface area contributed by atoms with Crippen LogP contribution >= 0.6 is 11.8 Å². The van der Waals surface area contributed by atoms with Crippen molar-refractivity contribution in [2.75, 3.05) is 6.54 Å². The Morgan fingerprint density at radius 2 is 1.89 bits per heavy atom. The summed E-state index contributed by atoms with van der Waals surface area (Å²) in [6.45, 7) is 4.40. The fourth-order valence-electron chi connectivity index (χ4n) is 2.75. The first kappa shape index (κ1) is 19.7. The van der Waals surface area contributed by atoms with E-state index in [9.17, 15) is 14.7 Å². The Kier molecular flexibility index (Phi) is 5.84. The summed E-state index contributed by atoms with van der Waals surface area (Å²) in [4.78, 5) is 30.3. The van der Waals surface area contributed by atoms with Gasteiger partial charge in [-0.1, -0.05) is 31.2 Å². The van der Waals surface area contributed by atoms with Gasteiger partial charge in [-0.3, -0.25) is 9.69 Å². The number of phenols is 1. The number of carbonyl (C=O) groups excluding carboxylic acids is 1. The second-order valence-electron chi connectivity index (χ2n) is 6.16. The van der Waals surface area contributed by atoms with E-state index in [0.29, 0.717) is 22.3 Å². The van der Waals surface area contributed by atoms with Crippen LogP contribution in [0, 0.1) is 0 Å². The number of aromatic carboxylic acids is 1. The molecule has 0 radical (unpaired) electrons. The van der Waals surface area contributed by atoms with Gasteiger partial charge in [-0.15, -0.1) is 0 Å². The molecule has 6 nitrogen and oxygen atoms in total. The number of nitrogens with zero attached hydrogens (tertiary/aromatic N) is 2. The summed E-state index contributed by atoms with van der Waals surface area (Å²) in [7, 11) is 0. The number of carbonyl (C=O) groups is 2. The first-order chi connectivity index (χ1) is 13.4. The minimum atomic E-state index is -1.21. The fraction of sp³-hybridized carbons (Fsp3) is 0.190. The van der Waals surface area contributed by atoms with E-state index in [4.69, 9.17) is 5.11 Å². The molecule has 2 N–H and O–H groups in total. The van der Waals surface area contributed by atoms with Crippen molar-refractivity contribution < 1.29 is 19.8 Å². The normalized spacial score (nSPS) is 16.9. The molecule has 7 heteroatoms. The third-order valence-electron chi connectivity index (χ3n) is 4.33. The van der Waals surface area contributed by atoms with E-state index >= 15 is 0 Å². The summed E-state index contributed by atoms with van der Waals surface area (Å²) in [5, 5.41) is 19.3. The van der Waals surface area contributed by atoms with Crippen molar-refractivity contribution in [3.8, 4) is 5.75 Å². The maximum absolute atomic E-state index is 12.7. The molecule has 1 fully saturated rings. The van der Waals surface area contributed by atoms with Crippen molar-refractivity contribution in [3.63, 3.8) is 0 Å². The molecule has 0 bridgehead atoms. The van der Waals surface area contributed by atoms with Crippen LogP contribution in [0.1, 0.15) is 35.3 Å². The van der Waals surface area contributed by atoms with Crippen molar-refractivity contribution >= 4 is 40.6 Å². The summed E-state index contributed by atoms with van der Waals surface area (Å²) >= 11 is 1.26. The minimum Gasteiger partial charge on any atom is -0.507 e. The molecule has 0 aromatic heterocycles. The molecule has 1 aliphatic heterocycles. The molecule has 2 aromatic rings. The van der Waals surface area contributed by atoms with Gasteiger partial charge in [0, 0.05) is 12.6 Å².